The fourth-order valence-electron chi connectivity index (χ4n) is 1.94. The number of phenols is 1. The summed E-state index contributed by atoms with van der Waals surface area (Å²) >= 11 is 0. The number of rotatable bonds is 5. The van der Waals surface area contributed by atoms with Crippen molar-refractivity contribution >= 4 is 16.1 Å². The number of alkyl halides is 6. The van der Waals surface area contributed by atoms with Gasteiger partial charge >= 0.3 is 18.3 Å². The molecule has 7 nitrogen and oxygen atoms in total. The number of hydrogen-bond donors (Lipinski definition) is 3. The van der Waals surface area contributed by atoms with Gasteiger partial charge in [-0.25, -0.2) is 4.79 Å². The van der Waals surface area contributed by atoms with Gasteiger partial charge in [0.25, 0.3) is 15.7 Å². The Balaban J connectivity index is 3.10. The van der Waals surface area contributed by atoms with Crippen molar-refractivity contribution in [2.24, 2.45) is 0 Å². The molecule has 0 fully saturated rings. The predicted octanol–water partition coefficient (Wildman–Crippen LogP) is 2.43. The lowest BCUT2D eigenvalue weighted by Gasteiger charge is -2.33. The first-order valence-electron chi connectivity index (χ1n) is 6.77. The fraction of sp³-hybridized carbons (Fsp3) is 0.462. The van der Waals surface area contributed by atoms with Gasteiger partial charge in [-0.1, -0.05) is 0 Å². The van der Waals surface area contributed by atoms with Crippen LogP contribution in [0.3, 0.4) is 0 Å². The van der Waals surface area contributed by atoms with Crippen molar-refractivity contribution in [2.45, 2.75) is 42.3 Å². The molecule has 1 rings (SSSR count). The van der Waals surface area contributed by atoms with Crippen molar-refractivity contribution in [1.29, 1.82) is 0 Å². The number of halogens is 6. The maximum Gasteiger partial charge on any atom is 0.426 e. The third kappa shape index (κ3) is 5.01. The Morgan fingerprint density at radius 1 is 1.15 bits per heavy atom. The average molecular weight is 426 g/mol. The van der Waals surface area contributed by atoms with E-state index in [1.165, 1.54) is 0 Å². The molecule has 1 unspecified atom stereocenters. The zero-order valence-electron chi connectivity index (χ0n) is 13.2. The minimum atomic E-state index is -6.13. The molecule has 154 valence electrons. The first-order chi connectivity index (χ1) is 11.9. The summed E-state index contributed by atoms with van der Waals surface area (Å²) in [6.45, 7) is 0.615. The predicted molar refractivity (Wildman–Crippen MR) is 74.5 cm³/mol. The third-order valence-electron chi connectivity index (χ3n) is 3.31. The van der Waals surface area contributed by atoms with Gasteiger partial charge in [0.15, 0.2) is 0 Å². The highest BCUT2D eigenvalue weighted by Crippen LogP contribution is 2.46. The summed E-state index contributed by atoms with van der Waals surface area (Å²) in [7, 11) is -4.83. The highest BCUT2D eigenvalue weighted by Gasteiger charge is 2.70. The van der Waals surface area contributed by atoms with Crippen molar-refractivity contribution < 1.29 is 59.1 Å². The second-order valence-electron chi connectivity index (χ2n) is 5.43. The van der Waals surface area contributed by atoms with Crippen LogP contribution in [0.4, 0.5) is 26.3 Å². The Bertz CT molecular complexity index is 801. The van der Waals surface area contributed by atoms with Crippen molar-refractivity contribution in [2.75, 3.05) is 0 Å². The molecule has 27 heavy (non-hydrogen) atoms. The van der Waals surface area contributed by atoms with Crippen LogP contribution in [0.5, 0.6) is 5.75 Å². The van der Waals surface area contributed by atoms with E-state index >= 15 is 0 Å². The SMILES string of the molecule is CC(CC(O)(C(F)(F)F)C(F)(F)F)OC(=O)c1cc(S(=O)(=O)O)ccc1O. The highest BCUT2D eigenvalue weighted by atomic mass is 32.2. The standard InChI is InChI=1S/C13H12F6O7S/c1-6(5-11(22,12(14,15)16)13(17,18)19)26-10(21)8-4-7(27(23,24)25)2-3-9(8)20/h2-4,6,20,22H,5H2,1H3,(H,23,24,25). The number of phenolic OH excluding ortho intramolecular Hbond substituents is 1. The van der Waals surface area contributed by atoms with Gasteiger partial charge in [-0.3, -0.25) is 4.55 Å². The van der Waals surface area contributed by atoms with Crippen molar-refractivity contribution in [3.63, 3.8) is 0 Å². The average Bonchev–Trinajstić information content (AvgIpc) is 2.43. The summed E-state index contributed by atoms with van der Waals surface area (Å²) < 4.78 is 111. The first kappa shape index (κ1) is 23.0. The molecule has 0 aliphatic rings. The minimum Gasteiger partial charge on any atom is -0.507 e. The number of hydrogen-bond acceptors (Lipinski definition) is 6. The quantitative estimate of drug-likeness (QED) is 0.376. The molecule has 0 aliphatic heterocycles. The molecular formula is C13H12F6O7S. The largest absolute Gasteiger partial charge is 0.507 e. The Kier molecular flexibility index (Phi) is 6.10. The first-order valence-corrected chi connectivity index (χ1v) is 8.21. The lowest BCUT2D eigenvalue weighted by molar-refractivity contribution is -0.373. The molecule has 1 atom stereocenters. The van der Waals surface area contributed by atoms with Gasteiger partial charge in [0.2, 0.25) is 0 Å². The molecule has 0 amide bonds. The molecule has 0 saturated carbocycles. The summed E-state index contributed by atoms with van der Waals surface area (Å²) in [6.07, 6.45) is -16.5. The molecule has 0 aromatic heterocycles. The molecule has 3 N–H and O–H groups in total. The summed E-state index contributed by atoms with van der Waals surface area (Å²) in [4.78, 5) is 11.0. The minimum absolute atomic E-state index is 0.402. The van der Waals surface area contributed by atoms with Gasteiger partial charge in [-0.2, -0.15) is 34.8 Å². The zero-order chi connectivity index (χ0) is 21.4. The molecule has 0 saturated heterocycles. The van der Waals surface area contributed by atoms with Crippen molar-refractivity contribution in [1.82, 2.24) is 0 Å². The van der Waals surface area contributed by atoms with Gasteiger partial charge in [-0.05, 0) is 25.1 Å². The molecule has 0 heterocycles. The van der Waals surface area contributed by atoms with Gasteiger partial charge in [0.05, 0.1) is 4.90 Å². The van der Waals surface area contributed by atoms with Gasteiger partial charge in [-0.15, -0.1) is 0 Å². The molecule has 0 bridgehead atoms. The Hall–Kier alpha value is -2.06. The van der Waals surface area contributed by atoms with Crippen molar-refractivity contribution in [3.05, 3.63) is 23.8 Å². The maximum atomic E-state index is 12.6. The zero-order valence-corrected chi connectivity index (χ0v) is 14.0. The summed E-state index contributed by atoms with van der Waals surface area (Å²) in [5, 5.41) is 18.5. The van der Waals surface area contributed by atoms with Crippen LogP contribution < -0.4 is 0 Å². The fourth-order valence-corrected chi connectivity index (χ4v) is 2.44. The van der Waals surface area contributed by atoms with Gasteiger partial charge in [0.1, 0.15) is 17.4 Å². The number of carbonyl (C=O) groups is 1. The smallest absolute Gasteiger partial charge is 0.426 e. The molecule has 1 aromatic rings. The number of carbonyl (C=O) groups excluding carboxylic acids is 1. The van der Waals surface area contributed by atoms with E-state index in [1.807, 2.05) is 0 Å². The van der Waals surface area contributed by atoms with Crippen molar-refractivity contribution in [3.8, 4) is 5.75 Å². The number of aromatic hydroxyl groups is 1. The van der Waals surface area contributed by atoms with Crippen LogP contribution in [0, 0.1) is 0 Å². The topological polar surface area (TPSA) is 121 Å². The second kappa shape index (κ2) is 7.16. The number of benzene rings is 1. The van der Waals surface area contributed by atoms with E-state index in [-0.39, 0.29) is 0 Å². The van der Waals surface area contributed by atoms with E-state index in [9.17, 15) is 44.7 Å². The second-order valence-corrected chi connectivity index (χ2v) is 6.85. The molecular weight excluding hydrogens is 414 g/mol. The number of ether oxygens (including phenoxy) is 1. The van der Waals surface area contributed by atoms with E-state index in [0.717, 1.165) is 0 Å². The van der Waals surface area contributed by atoms with Crippen LogP contribution >= 0.6 is 0 Å². The van der Waals surface area contributed by atoms with Gasteiger partial charge in [0, 0.05) is 6.42 Å². The van der Waals surface area contributed by atoms with Crippen LogP contribution in [0.15, 0.2) is 23.1 Å². The normalized spacial score (nSPS) is 14.7. The maximum absolute atomic E-state index is 12.6. The Labute approximate surface area is 147 Å². The monoisotopic (exact) mass is 426 g/mol. The van der Waals surface area contributed by atoms with E-state index in [4.69, 9.17) is 9.66 Å². The van der Waals surface area contributed by atoms with Gasteiger partial charge < -0.3 is 14.9 Å². The molecule has 0 aliphatic carbocycles. The lowest BCUT2D eigenvalue weighted by Crippen LogP contribution is -2.58. The Morgan fingerprint density at radius 3 is 2.04 bits per heavy atom. The van der Waals surface area contributed by atoms with E-state index in [2.05, 4.69) is 4.74 Å². The molecule has 0 spiro atoms. The van der Waals surface area contributed by atoms with E-state index in [0.29, 0.717) is 25.1 Å². The summed E-state index contributed by atoms with van der Waals surface area (Å²) in [5.74, 6) is -2.60. The molecule has 1 aromatic carbocycles. The third-order valence-corrected chi connectivity index (χ3v) is 4.16. The number of aliphatic hydroxyl groups is 1. The summed E-state index contributed by atoms with van der Waals surface area (Å²) in [6, 6.07) is 1.71. The van der Waals surface area contributed by atoms with Crippen LogP contribution in [0.2, 0.25) is 0 Å². The highest BCUT2D eigenvalue weighted by molar-refractivity contribution is 7.85. The van der Waals surface area contributed by atoms with Crippen LogP contribution in [-0.4, -0.2) is 53.2 Å². The van der Waals surface area contributed by atoms with E-state index in [1.54, 1.807) is 0 Å². The Morgan fingerprint density at radius 2 is 1.63 bits per heavy atom. The van der Waals surface area contributed by atoms with E-state index < -0.39 is 62.8 Å². The molecule has 14 heteroatoms. The number of esters is 1. The molecule has 0 radical (unpaired) electrons. The van der Waals surface area contributed by atoms with Crippen LogP contribution in [-0.2, 0) is 14.9 Å². The summed E-state index contributed by atoms with van der Waals surface area (Å²) in [5.41, 5.74) is -6.11. The lowest BCUT2D eigenvalue weighted by atomic mass is 9.95. The van der Waals surface area contributed by atoms with Crippen LogP contribution in [0.25, 0.3) is 0 Å². The van der Waals surface area contributed by atoms with Crippen LogP contribution in [0.1, 0.15) is 23.7 Å².